The van der Waals surface area contributed by atoms with Gasteiger partial charge in [0.2, 0.25) is 11.8 Å². The minimum atomic E-state index is -3.10. The quantitative estimate of drug-likeness (QED) is 0.787. The first-order valence-corrected chi connectivity index (χ1v) is 8.09. The number of rotatable bonds is 5. The Balaban J connectivity index is 0.00000264. The lowest BCUT2D eigenvalue weighted by Gasteiger charge is -2.32. The number of nitrogens with two attached hydrogens (primary N) is 1. The largest absolute Gasteiger partial charge is 0.350 e. The molecule has 1 aliphatic carbocycles. The average Bonchev–Trinajstić information content (AvgIpc) is 3.06. The third kappa shape index (κ3) is 5.28. The van der Waals surface area contributed by atoms with Crippen LogP contribution in [0.1, 0.15) is 38.5 Å². The number of likely N-dealkylation sites (tertiary alicyclic amines) is 1. The Kier molecular flexibility index (Phi) is 7.67. The van der Waals surface area contributed by atoms with Crippen LogP contribution >= 0.6 is 12.4 Å². The maximum atomic E-state index is 13.2. The second-order valence-corrected chi connectivity index (χ2v) is 6.31. The number of amides is 2. The monoisotopic (exact) mass is 353 g/mol. The molecule has 23 heavy (non-hydrogen) atoms. The molecule has 0 aromatic rings. The summed E-state index contributed by atoms with van der Waals surface area (Å²) >= 11 is 0. The van der Waals surface area contributed by atoms with Gasteiger partial charge in [0.25, 0.3) is 5.92 Å². The van der Waals surface area contributed by atoms with Crippen LogP contribution in [0.15, 0.2) is 0 Å². The predicted molar refractivity (Wildman–Crippen MR) is 85.5 cm³/mol. The molecule has 2 rings (SSSR count). The second-order valence-electron chi connectivity index (χ2n) is 6.31. The summed E-state index contributed by atoms with van der Waals surface area (Å²) in [6.07, 6.45) is 5.02. The van der Waals surface area contributed by atoms with Gasteiger partial charge in [0.05, 0.1) is 13.1 Å². The van der Waals surface area contributed by atoms with Gasteiger partial charge in [-0.05, 0) is 25.7 Å². The van der Waals surface area contributed by atoms with E-state index in [1.807, 2.05) is 4.90 Å². The zero-order valence-corrected chi connectivity index (χ0v) is 14.0. The van der Waals surface area contributed by atoms with Crippen LogP contribution in [-0.2, 0) is 9.59 Å². The van der Waals surface area contributed by atoms with Crippen LogP contribution < -0.4 is 11.1 Å². The molecule has 1 aliphatic heterocycles. The molecule has 5 nitrogen and oxygen atoms in total. The van der Waals surface area contributed by atoms with Crippen LogP contribution in [-0.4, -0.2) is 48.8 Å². The van der Waals surface area contributed by atoms with E-state index in [0.29, 0.717) is 12.8 Å². The van der Waals surface area contributed by atoms with Gasteiger partial charge in [-0.15, -0.1) is 12.4 Å². The van der Waals surface area contributed by atoms with Gasteiger partial charge >= 0.3 is 0 Å². The maximum Gasteiger partial charge on any atom is 0.277 e. The van der Waals surface area contributed by atoms with E-state index in [9.17, 15) is 18.4 Å². The Morgan fingerprint density at radius 1 is 1.09 bits per heavy atom. The van der Waals surface area contributed by atoms with Gasteiger partial charge in [-0.2, -0.15) is 0 Å². The molecular weight excluding hydrogens is 328 g/mol. The van der Waals surface area contributed by atoms with Crippen LogP contribution in [0, 0.1) is 11.8 Å². The van der Waals surface area contributed by atoms with Gasteiger partial charge in [-0.1, -0.05) is 12.8 Å². The molecule has 1 heterocycles. The molecule has 8 heteroatoms. The molecule has 1 saturated heterocycles. The minimum absolute atomic E-state index is 0. The molecule has 0 aromatic heterocycles. The first-order valence-electron chi connectivity index (χ1n) is 8.09. The van der Waals surface area contributed by atoms with E-state index in [4.69, 9.17) is 5.73 Å². The van der Waals surface area contributed by atoms with Crippen molar-refractivity contribution in [2.75, 3.05) is 26.2 Å². The van der Waals surface area contributed by atoms with E-state index in [1.165, 1.54) is 0 Å². The lowest BCUT2D eigenvalue weighted by atomic mass is 9.78. The number of hydrogen-bond acceptors (Lipinski definition) is 3. The Hall–Kier alpha value is -0.950. The highest BCUT2D eigenvalue weighted by molar-refractivity contribution is 5.88. The zero-order chi connectivity index (χ0) is 16.2. The van der Waals surface area contributed by atoms with Crippen molar-refractivity contribution in [3.05, 3.63) is 0 Å². The standard InChI is InChI=1S/C15H25F2N3O2.ClH/c16-15(17,9-18)10-19-13(21)11-5-1-2-6-12(11)14(22)20-7-3-4-8-20;/h11-12H,1-10,18H2,(H,19,21);1H. The smallest absolute Gasteiger partial charge is 0.277 e. The van der Waals surface area contributed by atoms with Gasteiger partial charge in [0.1, 0.15) is 0 Å². The van der Waals surface area contributed by atoms with E-state index < -0.39 is 30.8 Å². The van der Waals surface area contributed by atoms with Crippen molar-refractivity contribution in [3.63, 3.8) is 0 Å². The Labute approximate surface area is 141 Å². The van der Waals surface area contributed by atoms with Gasteiger partial charge in [-0.25, -0.2) is 8.78 Å². The number of alkyl halides is 2. The molecule has 0 radical (unpaired) electrons. The highest BCUT2D eigenvalue weighted by Gasteiger charge is 2.39. The lowest BCUT2D eigenvalue weighted by molar-refractivity contribution is -0.143. The number of nitrogens with zero attached hydrogens (tertiary/aromatic N) is 1. The zero-order valence-electron chi connectivity index (χ0n) is 13.2. The number of nitrogens with one attached hydrogen (secondary N) is 1. The SMILES string of the molecule is Cl.NCC(F)(F)CNC(=O)C1CCCCC1C(=O)N1CCCC1. The molecule has 0 aromatic carbocycles. The molecular formula is C15H26ClF2N3O2. The minimum Gasteiger partial charge on any atom is -0.350 e. The second kappa shape index (κ2) is 8.78. The van der Waals surface area contributed by atoms with E-state index >= 15 is 0 Å². The first kappa shape index (κ1) is 20.1. The number of halogens is 3. The van der Waals surface area contributed by atoms with Crippen molar-refractivity contribution >= 4 is 24.2 Å². The molecule has 3 N–H and O–H groups in total. The first-order chi connectivity index (χ1) is 10.4. The van der Waals surface area contributed by atoms with Crippen molar-refractivity contribution < 1.29 is 18.4 Å². The van der Waals surface area contributed by atoms with Gasteiger partial charge in [-0.3, -0.25) is 9.59 Å². The predicted octanol–water partition coefficient (Wildman–Crippen LogP) is 1.55. The highest BCUT2D eigenvalue weighted by Crippen LogP contribution is 2.32. The highest BCUT2D eigenvalue weighted by atomic mass is 35.5. The summed E-state index contributed by atoms with van der Waals surface area (Å²) in [6.45, 7) is -0.0681. The Morgan fingerprint density at radius 3 is 2.22 bits per heavy atom. The summed E-state index contributed by atoms with van der Waals surface area (Å²) in [5.41, 5.74) is 4.97. The van der Waals surface area contributed by atoms with Crippen LogP contribution in [0.3, 0.4) is 0 Å². The van der Waals surface area contributed by atoms with E-state index in [1.54, 1.807) is 0 Å². The van der Waals surface area contributed by atoms with Crippen LogP contribution in [0.25, 0.3) is 0 Å². The van der Waals surface area contributed by atoms with Gasteiger partial charge in [0, 0.05) is 24.9 Å². The average molecular weight is 354 g/mol. The molecule has 134 valence electrons. The summed E-state index contributed by atoms with van der Waals surface area (Å²) in [4.78, 5) is 26.6. The molecule has 0 bridgehead atoms. The van der Waals surface area contributed by atoms with Crippen molar-refractivity contribution in [1.82, 2.24) is 10.2 Å². The van der Waals surface area contributed by atoms with Gasteiger partial charge < -0.3 is 16.0 Å². The van der Waals surface area contributed by atoms with Crippen molar-refractivity contribution in [2.24, 2.45) is 17.6 Å². The molecule has 2 aliphatic rings. The topological polar surface area (TPSA) is 75.4 Å². The third-order valence-corrected chi connectivity index (χ3v) is 4.66. The number of carbonyl (C=O) groups is 2. The summed E-state index contributed by atoms with van der Waals surface area (Å²) in [7, 11) is 0. The molecule has 2 amide bonds. The Morgan fingerprint density at radius 2 is 1.65 bits per heavy atom. The summed E-state index contributed by atoms with van der Waals surface area (Å²) in [5.74, 6) is -4.37. The number of hydrogen-bond donors (Lipinski definition) is 2. The van der Waals surface area contributed by atoms with Crippen molar-refractivity contribution in [3.8, 4) is 0 Å². The van der Waals surface area contributed by atoms with Crippen LogP contribution in [0.4, 0.5) is 8.78 Å². The van der Waals surface area contributed by atoms with Gasteiger partial charge in [0.15, 0.2) is 0 Å². The van der Waals surface area contributed by atoms with E-state index in [-0.39, 0.29) is 24.2 Å². The lowest BCUT2D eigenvalue weighted by Crippen LogP contribution is -2.48. The molecule has 0 spiro atoms. The van der Waals surface area contributed by atoms with E-state index in [2.05, 4.69) is 5.32 Å². The fourth-order valence-electron chi connectivity index (χ4n) is 3.33. The molecule has 2 unspecified atom stereocenters. The molecule has 1 saturated carbocycles. The van der Waals surface area contributed by atoms with Crippen LogP contribution in [0.2, 0.25) is 0 Å². The van der Waals surface area contributed by atoms with E-state index in [0.717, 1.165) is 38.8 Å². The fourth-order valence-corrected chi connectivity index (χ4v) is 3.33. The summed E-state index contributed by atoms with van der Waals surface area (Å²) < 4.78 is 26.3. The third-order valence-electron chi connectivity index (χ3n) is 4.66. The maximum absolute atomic E-state index is 13.2. The Bertz CT molecular complexity index is 418. The van der Waals surface area contributed by atoms with Crippen LogP contribution in [0.5, 0.6) is 0 Å². The summed E-state index contributed by atoms with van der Waals surface area (Å²) in [5, 5.41) is 2.28. The molecule has 2 fully saturated rings. The summed E-state index contributed by atoms with van der Waals surface area (Å²) in [6, 6.07) is 0. The normalized spacial score (nSPS) is 24.9. The van der Waals surface area contributed by atoms with Crippen molar-refractivity contribution in [2.45, 2.75) is 44.4 Å². The van der Waals surface area contributed by atoms with Crippen molar-refractivity contribution in [1.29, 1.82) is 0 Å². The number of carbonyl (C=O) groups excluding carboxylic acids is 2. The molecule has 2 atom stereocenters. The fraction of sp³-hybridized carbons (Fsp3) is 0.867.